The average Bonchev–Trinajstić information content (AvgIpc) is 3.49. The molecule has 2 heterocycles. The lowest BCUT2D eigenvalue weighted by atomic mass is 10.0. The van der Waals surface area contributed by atoms with Crippen molar-refractivity contribution in [1.82, 2.24) is 9.88 Å². The van der Waals surface area contributed by atoms with E-state index in [1.54, 1.807) is 0 Å². The molecule has 1 aliphatic rings. The van der Waals surface area contributed by atoms with E-state index in [2.05, 4.69) is 155 Å². The molecule has 0 bridgehead atoms. The highest BCUT2D eigenvalue weighted by Crippen LogP contribution is 2.36. The first-order valence-electron chi connectivity index (χ1n) is 16.0. The minimum Gasteiger partial charge on any atom is -0.324 e. The van der Waals surface area contributed by atoms with Crippen LogP contribution in [0.1, 0.15) is 22.9 Å². The van der Waals surface area contributed by atoms with Crippen molar-refractivity contribution in [3.05, 3.63) is 187 Å². The van der Waals surface area contributed by atoms with Crippen LogP contribution in [0.4, 0.5) is 0 Å². The van der Waals surface area contributed by atoms with Crippen LogP contribution in [0.15, 0.2) is 180 Å². The van der Waals surface area contributed by atoms with Crippen molar-refractivity contribution < 1.29 is 0 Å². The van der Waals surface area contributed by atoms with Gasteiger partial charge in [-0.1, -0.05) is 140 Å². The van der Waals surface area contributed by atoms with E-state index >= 15 is 0 Å². The van der Waals surface area contributed by atoms with E-state index in [4.69, 9.17) is 9.98 Å². The molecule has 4 nitrogen and oxygen atoms in total. The maximum atomic E-state index is 5.30. The Bertz CT molecular complexity index is 2440. The zero-order chi connectivity index (χ0) is 31.2. The van der Waals surface area contributed by atoms with Crippen molar-refractivity contribution in [2.75, 3.05) is 0 Å². The molecule has 0 fully saturated rings. The minimum atomic E-state index is -0.409. The number of hydrogen-bond donors (Lipinski definition) is 1. The normalized spacial score (nSPS) is 14.6. The fourth-order valence-electron chi connectivity index (χ4n) is 6.79. The van der Waals surface area contributed by atoms with Crippen molar-refractivity contribution >= 4 is 44.2 Å². The van der Waals surface area contributed by atoms with Crippen molar-refractivity contribution in [3.63, 3.8) is 0 Å². The minimum absolute atomic E-state index is 0.409. The lowest BCUT2D eigenvalue weighted by Crippen LogP contribution is -2.36. The molecular formula is C43H30N4. The third kappa shape index (κ3) is 4.79. The molecule has 47 heavy (non-hydrogen) atoms. The Morgan fingerprint density at radius 2 is 0.979 bits per heavy atom. The number of hydrogen-bond acceptors (Lipinski definition) is 3. The zero-order valence-electron chi connectivity index (χ0n) is 25.6. The second-order valence-corrected chi connectivity index (χ2v) is 11.9. The summed E-state index contributed by atoms with van der Waals surface area (Å²) in [5.41, 5.74) is 8.86. The number of para-hydroxylation sites is 2. The summed E-state index contributed by atoms with van der Waals surface area (Å²) < 4.78 is 2.40. The summed E-state index contributed by atoms with van der Waals surface area (Å²) >= 11 is 0. The molecule has 1 aromatic heterocycles. The van der Waals surface area contributed by atoms with Crippen LogP contribution in [0.25, 0.3) is 49.4 Å². The van der Waals surface area contributed by atoms with Gasteiger partial charge in [0.05, 0.1) is 16.7 Å². The van der Waals surface area contributed by atoms with E-state index in [0.29, 0.717) is 0 Å². The van der Waals surface area contributed by atoms with E-state index in [0.717, 1.165) is 45.0 Å². The molecule has 0 amide bonds. The van der Waals surface area contributed by atoms with Gasteiger partial charge in [-0.3, -0.25) is 0 Å². The van der Waals surface area contributed by atoms with Gasteiger partial charge in [0.25, 0.3) is 0 Å². The third-order valence-corrected chi connectivity index (χ3v) is 9.01. The van der Waals surface area contributed by atoms with Gasteiger partial charge in [0.2, 0.25) is 0 Å². The van der Waals surface area contributed by atoms with Crippen LogP contribution in [0.2, 0.25) is 0 Å². The predicted molar refractivity (Wildman–Crippen MR) is 196 cm³/mol. The number of aliphatic imine (C=N–C) groups is 2. The molecule has 1 N–H and O–H groups in total. The Morgan fingerprint density at radius 3 is 1.68 bits per heavy atom. The molecule has 222 valence electrons. The van der Waals surface area contributed by atoms with Gasteiger partial charge >= 0.3 is 0 Å². The summed E-state index contributed by atoms with van der Waals surface area (Å²) in [6.07, 6.45) is -0.409. The summed E-state index contributed by atoms with van der Waals surface area (Å²) in [4.78, 5) is 10.5. The second kappa shape index (κ2) is 11.3. The Morgan fingerprint density at radius 1 is 0.426 bits per heavy atom. The highest BCUT2D eigenvalue weighted by molar-refractivity contribution is 6.17. The molecule has 4 heteroatoms. The van der Waals surface area contributed by atoms with Gasteiger partial charge < -0.3 is 9.88 Å². The maximum Gasteiger partial charge on any atom is 0.169 e. The van der Waals surface area contributed by atoms with E-state index < -0.39 is 6.17 Å². The van der Waals surface area contributed by atoms with Crippen LogP contribution in [0, 0.1) is 0 Å². The number of amidine groups is 2. The molecule has 0 saturated heterocycles. The number of benzene rings is 7. The number of nitrogens with zero attached hydrogens (tertiary/aromatic N) is 3. The monoisotopic (exact) mass is 602 g/mol. The summed E-state index contributed by atoms with van der Waals surface area (Å²) in [5, 5.41) is 8.45. The highest BCUT2D eigenvalue weighted by atomic mass is 15.2. The van der Waals surface area contributed by atoms with E-state index in [1.807, 2.05) is 24.3 Å². The number of rotatable bonds is 5. The first kappa shape index (κ1) is 27.1. The van der Waals surface area contributed by atoms with Crippen molar-refractivity contribution in [3.8, 4) is 16.8 Å². The maximum absolute atomic E-state index is 5.30. The van der Waals surface area contributed by atoms with Crippen molar-refractivity contribution in [1.29, 1.82) is 0 Å². The van der Waals surface area contributed by atoms with E-state index in [-0.39, 0.29) is 0 Å². The fourth-order valence-corrected chi connectivity index (χ4v) is 6.79. The fraction of sp³-hybridized carbons (Fsp3) is 0.0233. The SMILES string of the molecule is c1ccc(C2=NC(c3cccc(-c4ccccc4)c3)N=C(c3cc(-n4c5ccccc5c5ccccc54)c4ccccc4c3)N2)cc1. The molecule has 0 aliphatic carbocycles. The van der Waals surface area contributed by atoms with Gasteiger partial charge in [-0.05, 0) is 52.4 Å². The van der Waals surface area contributed by atoms with Crippen LogP contribution >= 0.6 is 0 Å². The Labute approximate surface area is 273 Å². The lowest BCUT2D eigenvalue weighted by molar-refractivity contribution is 0.756. The Balaban J connectivity index is 1.25. The Hall–Kier alpha value is -6.26. The third-order valence-electron chi connectivity index (χ3n) is 9.01. The molecule has 9 rings (SSSR count). The lowest BCUT2D eigenvalue weighted by Gasteiger charge is -2.23. The standard InChI is InChI=1S/C43H30N4/c1-3-14-29(15-4-1)31-19-13-20-33(26-31)42-44-41(30-16-5-2-6-17-30)45-43(46-42)34-27-32-18-7-8-21-35(32)40(28-34)47-38-24-11-9-22-36(38)37-23-10-12-25-39(37)47/h1-28,42H,(H,44,45,46). The first-order valence-corrected chi connectivity index (χ1v) is 16.0. The van der Waals surface area contributed by atoms with Crippen molar-refractivity contribution in [2.24, 2.45) is 9.98 Å². The molecule has 1 unspecified atom stereocenters. The predicted octanol–water partition coefficient (Wildman–Crippen LogP) is 10.1. The van der Waals surface area contributed by atoms with E-state index in [1.165, 1.54) is 32.8 Å². The van der Waals surface area contributed by atoms with Gasteiger partial charge in [-0.2, -0.15) is 0 Å². The van der Waals surface area contributed by atoms with Crippen LogP contribution in [-0.4, -0.2) is 16.2 Å². The number of aromatic nitrogens is 1. The number of nitrogens with one attached hydrogen (secondary N) is 1. The molecule has 0 spiro atoms. The van der Waals surface area contributed by atoms with Crippen LogP contribution in [0.5, 0.6) is 0 Å². The van der Waals surface area contributed by atoms with Crippen LogP contribution in [0.3, 0.4) is 0 Å². The topological polar surface area (TPSA) is 41.7 Å². The zero-order valence-corrected chi connectivity index (χ0v) is 25.6. The van der Waals surface area contributed by atoms with Crippen LogP contribution < -0.4 is 5.32 Å². The second-order valence-electron chi connectivity index (χ2n) is 11.9. The summed E-state index contributed by atoms with van der Waals surface area (Å²) in [6, 6.07) is 59.8. The molecule has 0 saturated carbocycles. The summed E-state index contributed by atoms with van der Waals surface area (Å²) in [5.74, 6) is 1.60. The highest BCUT2D eigenvalue weighted by Gasteiger charge is 2.23. The van der Waals surface area contributed by atoms with Gasteiger partial charge in [0, 0.05) is 27.3 Å². The van der Waals surface area contributed by atoms with Gasteiger partial charge in [-0.25, -0.2) is 9.98 Å². The molecule has 0 radical (unpaired) electrons. The average molecular weight is 603 g/mol. The largest absolute Gasteiger partial charge is 0.324 e. The molecule has 8 aromatic rings. The summed E-state index contributed by atoms with van der Waals surface area (Å²) in [6.45, 7) is 0. The molecule has 1 atom stereocenters. The van der Waals surface area contributed by atoms with Crippen LogP contribution in [-0.2, 0) is 0 Å². The summed E-state index contributed by atoms with van der Waals surface area (Å²) in [7, 11) is 0. The smallest absolute Gasteiger partial charge is 0.169 e. The molecule has 7 aromatic carbocycles. The quantitative estimate of drug-likeness (QED) is 0.209. The van der Waals surface area contributed by atoms with Gasteiger partial charge in [0.15, 0.2) is 6.17 Å². The number of fused-ring (bicyclic) bond motifs is 4. The Kier molecular flexibility index (Phi) is 6.50. The van der Waals surface area contributed by atoms with Gasteiger partial charge in [0.1, 0.15) is 11.7 Å². The molecule has 1 aliphatic heterocycles. The van der Waals surface area contributed by atoms with E-state index in [9.17, 15) is 0 Å². The molecular weight excluding hydrogens is 573 g/mol. The first-order chi connectivity index (χ1) is 23.3. The van der Waals surface area contributed by atoms with Crippen molar-refractivity contribution in [2.45, 2.75) is 6.17 Å². The van der Waals surface area contributed by atoms with Gasteiger partial charge in [-0.15, -0.1) is 0 Å².